The van der Waals surface area contributed by atoms with Gasteiger partial charge in [0.15, 0.2) is 5.65 Å². The second kappa shape index (κ2) is 11.5. The normalized spacial score (nSPS) is 21.1. The van der Waals surface area contributed by atoms with Gasteiger partial charge in [-0.15, -0.1) is 0 Å². The third-order valence-corrected chi connectivity index (χ3v) is 7.46. The van der Waals surface area contributed by atoms with E-state index in [4.69, 9.17) is 24.4 Å². The van der Waals surface area contributed by atoms with Crippen LogP contribution >= 0.6 is 0 Å². The molecule has 2 fully saturated rings. The SMILES string of the molecule is COc1ccc(-c2ccc3c(N4CCOC[C@@H]4C)nc(N[C@H](C)C4CCCCNC4=O)nc3n2)cc1CO. The maximum Gasteiger partial charge on any atom is 0.226 e. The summed E-state index contributed by atoms with van der Waals surface area (Å²) in [6.45, 7) is 6.68. The number of carbonyl (C=O) groups is 1. The molecule has 3 atom stereocenters. The summed E-state index contributed by atoms with van der Waals surface area (Å²) in [6.07, 6.45) is 2.83. The van der Waals surface area contributed by atoms with Crippen molar-refractivity contribution >= 4 is 28.7 Å². The van der Waals surface area contributed by atoms with Gasteiger partial charge in [-0.25, -0.2) is 4.98 Å². The molecular weight excluding hydrogens is 484 g/mol. The molecule has 2 aliphatic heterocycles. The lowest BCUT2D eigenvalue weighted by atomic mass is 9.95. The van der Waals surface area contributed by atoms with Gasteiger partial charge >= 0.3 is 0 Å². The van der Waals surface area contributed by atoms with Crippen LogP contribution in [0.3, 0.4) is 0 Å². The molecule has 10 heteroatoms. The number of nitrogens with one attached hydrogen (secondary N) is 2. The summed E-state index contributed by atoms with van der Waals surface area (Å²) in [7, 11) is 1.59. The summed E-state index contributed by atoms with van der Waals surface area (Å²) in [6, 6.07) is 9.60. The van der Waals surface area contributed by atoms with Gasteiger partial charge in [-0.2, -0.15) is 9.97 Å². The van der Waals surface area contributed by atoms with Crippen molar-refractivity contribution in [1.29, 1.82) is 0 Å². The van der Waals surface area contributed by atoms with Crippen molar-refractivity contribution in [2.24, 2.45) is 5.92 Å². The third-order valence-electron chi connectivity index (χ3n) is 7.46. The van der Waals surface area contributed by atoms with Gasteiger partial charge in [0.25, 0.3) is 0 Å². The molecule has 0 aliphatic carbocycles. The minimum absolute atomic E-state index is 0.0740. The number of fused-ring (bicyclic) bond motifs is 1. The molecule has 0 saturated carbocycles. The number of aliphatic hydroxyl groups is 1. The Morgan fingerprint density at radius 3 is 2.89 bits per heavy atom. The highest BCUT2D eigenvalue weighted by Gasteiger charge is 2.28. The van der Waals surface area contributed by atoms with E-state index in [1.807, 2.05) is 37.3 Å². The van der Waals surface area contributed by atoms with Crippen LogP contribution in [0, 0.1) is 5.92 Å². The molecule has 0 radical (unpaired) electrons. The molecule has 1 unspecified atom stereocenters. The quantitative estimate of drug-likeness (QED) is 0.431. The Hall–Kier alpha value is -3.50. The van der Waals surface area contributed by atoms with Crippen molar-refractivity contribution in [3.8, 4) is 17.0 Å². The Kier molecular flexibility index (Phi) is 7.90. The average molecular weight is 521 g/mol. The Bertz CT molecular complexity index is 1300. The van der Waals surface area contributed by atoms with Gasteiger partial charge in [-0.05, 0) is 57.0 Å². The van der Waals surface area contributed by atoms with Crippen molar-refractivity contribution in [2.45, 2.75) is 51.8 Å². The van der Waals surface area contributed by atoms with E-state index in [1.54, 1.807) is 7.11 Å². The van der Waals surface area contributed by atoms with E-state index >= 15 is 0 Å². The van der Waals surface area contributed by atoms with Crippen molar-refractivity contribution < 1.29 is 19.4 Å². The molecule has 0 bridgehead atoms. The van der Waals surface area contributed by atoms with Gasteiger partial charge in [-0.1, -0.05) is 6.42 Å². The largest absolute Gasteiger partial charge is 0.496 e. The van der Waals surface area contributed by atoms with Crippen LogP contribution in [0.25, 0.3) is 22.3 Å². The number of methoxy groups -OCH3 is 1. The number of aliphatic hydroxyl groups excluding tert-OH is 1. The van der Waals surface area contributed by atoms with E-state index in [9.17, 15) is 9.90 Å². The van der Waals surface area contributed by atoms with Crippen LogP contribution in [0.4, 0.5) is 11.8 Å². The van der Waals surface area contributed by atoms with Crippen LogP contribution in [0.15, 0.2) is 30.3 Å². The first-order valence-electron chi connectivity index (χ1n) is 13.3. The Morgan fingerprint density at radius 2 is 2.11 bits per heavy atom. The number of hydrogen-bond donors (Lipinski definition) is 3. The molecule has 5 rings (SSSR count). The van der Waals surface area contributed by atoms with Gasteiger partial charge < -0.3 is 30.1 Å². The molecule has 3 N–H and O–H groups in total. The van der Waals surface area contributed by atoms with E-state index in [-0.39, 0.29) is 30.5 Å². The number of morpholine rings is 1. The first kappa shape index (κ1) is 26.1. The molecule has 1 aromatic carbocycles. The summed E-state index contributed by atoms with van der Waals surface area (Å²) in [5.74, 6) is 1.80. The Balaban J connectivity index is 1.55. The Labute approximate surface area is 222 Å². The number of hydrogen-bond acceptors (Lipinski definition) is 9. The highest BCUT2D eigenvalue weighted by Crippen LogP contribution is 2.32. The number of ether oxygens (including phenoxy) is 2. The molecule has 4 heterocycles. The topological polar surface area (TPSA) is 122 Å². The van der Waals surface area contributed by atoms with E-state index in [0.717, 1.165) is 48.3 Å². The minimum Gasteiger partial charge on any atom is -0.496 e. The van der Waals surface area contributed by atoms with Gasteiger partial charge in [0, 0.05) is 30.3 Å². The van der Waals surface area contributed by atoms with E-state index < -0.39 is 0 Å². The van der Waals surface area contributed by atoms with Crippen LogP contribution in [0.5, 0.6) is 5.75 Å². The zero-order valence-corrected chi connectivity index (χ0v) is 22.2. The molecule has 2 saturated heterocycles. The lowest BCUT2D eigenvalue weighted by Gasteiger charge is -2.35. The maximum absolute atomic E-state index is 12.7. The monoisotopic (exact) mass is 520 g/mol. The predicted molar refractivity (Wildman–Crippen MR) is 146 cm³/mol. The van der Waals surface area contributed by atoms with E-state index in [0.29, 0.717) is 42.7 Å². The second-order valence-corrected chi connectivity index (χ2v) is 10.1. The van der Waals surface area contributed by atoms with E-state index in [2.05, 4.69) is 22.5 Å². The number of anilines is 2. The summed E-state index contributed by atoms with van der Waals surface area (Å²) in [5.41, 5.74) is 2.84. The Morgan fingerprint density at radius 1 is 1.24 bits per heavy atom. The summed E-state index contributed by atoms with van der Waals surface area (Å²) < 4.78 is 11.0. The summed E-state index contributed by atoms with van der Waals surface area (Å²) in [5, 5.41) is 17.1. The first-order chi connectivity index (χ1) is 18.5. The van der Waals surface area contributed by atoms with Gasteiger partial charge in [0.2, 0.25) is 11.9 Å². The van der Waals surface area contributed by atoms with Crippen LogP contribution < -0.4 is 20.3 Å². The number of nitrogens with zero attached hydrogens (tertiary/aromatic N) is 4. The lowest BCUT2D eigenvalue weighted by Crippen LogP contribution is -2.44. The lowest BCUT2D eigenvalue weighted by molar-refractivity contribution is -0.125. The fourth-order valence-electron chi connectivity index (χ4n) is 5.29. The number of carbonyl (C=O) groups excluding carboxylic acids is 1. The first-order valence-corrected chi connectivity index (χ1v) is 13.3. The summed E-state index contributed by atoms with van der Waals surface area (Å²) in [4.78, 5) is 29.6. The number of rotatable bonds is 7. The summed E-state index contributed by atoms with van der Waals surface area (Å²) >= 11 is 0. The molecule has 2 aliphatic rings. The van der Waals surface area contributed by atoms with Crippen molar-refractivity contribution in [2.75, 3.05) is 43.6 Å². The molecule has 1 amide bonds. The van der Waals surface area contributed by atoms with Gasteiger partial charge in [0.05, 0.1) is 50.0 Å². The standard InChI is InChI=1S/C28H36N6O4/c1-17-16-38-13-12-34(17)26-22-8-9-23(19-7-10-24(37-3)20(14-19)15-35)31-25(22)32-28(33-26)30-18(2)21-6-4-5-11-29-27(21)36/h7-10,14,17-18,21,35H,4-6,11-13,15-16H2,1-3H3,(H,29,36)(H,30,31,32,33)/t17-,18+,21?/m0/s1. The van der Waals surface area contributed by atoms with Crippen molar-refractivity contribution in [3.05, 3.63) is 35.9 Å². The van der Waals surface area contributed by atoms with Crippen LogP contribution in [-0.2, 0) is 16.1 Å². The fraction of sp³-hybridized carbons (Fsp3) is 0.500. The zero-order valence-electron chi connectivity index (χ0n) is 22.2. The van der Waals surface area contributed by atoms with Crippen molar-refractivity contribution in [3.63, 3.8) is 0 Å². The zero-order chi connectivity index (χ0) is 26.6. The number of pyridine rings is 1. The molecule has 38 heavy (non-hydrogen) atoms. The van der Waals surface area contributed by atoms with Crippen molar-refractivity contribution in [1.82, 2.24) is 20.3 Å². The highest BCUT2D eigenvalue weighted by molar-refractivity contribution is 5.90. The minimum atomic E-state index is -0.155. The molecule has 10 nitrogen and oxygen atoms in total. The van der Waals surface area contributed by atoms with Crippen LogP contribution in [0.1, 0.15) is 38.7 Å². The molecule has 0 spiro atoms. The average Bonchev–Trinajstić information content (AvgIpc) is 3.16. The molecule has 202 valence electrons. The predicted octanol–water partition coefficient (Wildman–Crippen LogP) is 3.13. The second-order valence-electron chi connectivity index (χ2n) is 10.1. The number of amides is 1. The van der Waals surface area contributed by atoms with E-state index in [1.165, 1.54) is 0 Å². The molecular formula is C28H36N6O4. The smallest absolute Gasteiger partial charge is 0.226 e. The molecule has 3 aromatic rings. The van der Waals surface area contributed by atoms with Gasteiger partial charge in [0.1, 0.15) is 11.6 Å². The number of benzene rings is 1. The maximum atomic E-state index is 12.7. The third kappa shape index (κ3) is 5.37. The van der Waals surface area contributed by atoms with Crippen LogP contribution in [0.2, 0.25) is 0 Å². The fourth-order valence-corrected chi connectivity index (χ4v) is 5.29. The highest BCUT2D eigenvalue weighted by atomic mass is 16.5. The number of aromatic nitrogens is 3. The van der Waals surface area contributed by atoms with Crippen LogP contribution in [-0.4, -0.2) is 71.5 Å². The van der Waals surface area contributed by atoms with Gasteiger partial charge in [-0.3, -0.25) is 4.79 Å². The molecule has 2 aromatic heterocycles.